The molecule has 0 radical (unpaired) electrons. The topological polar surface area (TPSA) is 74.2 Å². The molecule has 1 aromatic carbocycles. The maximum absolute atomic E-state index is 14.9. The van der Waals surface area contributed by atoms with Gasteiger partial charge in [-0.3, -0.25) is 4.79 Å². The highest BCUT2D eigenvalue weighted by atomic mass is 19.1. The van der Waals surface area contributed by atoms with E-state index in [-0.39, 0.29) is 11.4 Å². The molecule has 0 aliphatic carbocycles. The fourth-order valence-corrected chi connectivity index (χ4v) is 4.14. The minimum Gasteiger partial charge on any atom is -0.367 e. The molecule has 6 heteroatoms. The number of halogens is 1. The number of fused-ring (bicyclic) bond motifs is 2. The van der Waals surface area contributed by atoms with Gasteiger partial charge in [0.25, 0.3) is 5.91 Å². The van der Waals surface area contributed by atoms with Crippen molar-refractivity contribution in [2.75, 3.05) is 24.5 Å². The van der Waals surface area contributed by atoms with E-state index in [1.807, 2.05) is 13.8 Å². The monoisotopic (exact) mass is 316 g/mol. The second-order valence-corrected chi connectivity index (χ2v) is 6.76. The lowest BCUT2D eigenvalue weighted by molar-refractivity contribution is 0.100. The number of nitrogens with zero attached hydrogens (tertiary/aromatic N) is 1. The number of aryl methyl sites for hydroxylation is 2. The summed E-state index contributed by atoms with van der Waals surface area (Å²) in [5.41, 5.74) is 8.81. The smallest absolute Gasteiger partial charge is 0.250 e. The normalized spacial score (nSPS) is 23.7. The maximum Gasteiger partial charge on any atom is 0.250 e. The van der Waals surface area contributed by atoms with E-state index in [1.165, 1.54) is 6.07 Å². The molecule has 5 nitrogen and oxygen atoms in total. The molecule has 4 N–H and O–H groups in total. The molecule has 0 spiro atoms. The van der Waals surface area contributed by atoms with E-state index < -0.39 is 5.91 Å². The van der Waals surface area contributed by atoms with Gasteiger partial charge in [0, 0.05) is 30.2 Å². The first-order valence-corrected chi connectivity index (χ1v) is 8.07. The van der Waals surface area contributed by atoms with Crippen molar-refractivity contribution in [2.45, 2.75) is 26.3 Å². The van der Waals surface area contributed by atoms with E-state index in [4.69, 9.17) is 5.73 Å². The van der Waals surface area contributed by atoms with Crippen LogP contribution in [-0.4, -0.2) is 36.6 Å². The maximum atomic E-state index is 14.9. The van der Waals surface area contributed by atoms with Crippen molar-refractivity contribution < 1.29 is 9.18 Å². The van der Waals surface area contributed by atoms with Crippen LogP contribution in [0.1, 0.15) is 28.0 Å². The Hall–Kier alpha value is -2.08. The van der Waals surface area contributed by atoms with Crippen molar-refractivity contribution >= 4 is 22.5 Å². The van der Waals surface area contributed by atoms with Crippen LogP contribution in [0.2, 0.25) is 0 Å². The molecule has 2 atom stereocenters. The molecule has 2 aliphatic rings. The molecule has 4 rings (SSSR count). The summed E-state index contributed by atoms with van der Waals surface area (Å²) in [6.07, 6.45) is 1.14. The summed E-state index contributed by atoms with van der Waals surface area (Å²) in [5.74, 6) is -0.407. The van der Waals surface area contributed by atoms with Crippen LogP contribution in [0.4, 0.5) is 10.1 Å². The number of H-pyrrole nitrogens is 1. The number of nitrogens with one attached hydrogen (secondary N) is 2. The average molecular weight is 316 g/mol. The summed E-state index contributed by atoms with van der Waals surface area (Å²) in [6.45, 7) is 6.59. The van der Waals surface area contributed by atoms with Crippen LogP contribution < -0.4 is 16.0 Å². The molecule has 2 aromatic rings. The number of nitrogens with two attached hydrogens (primary N) is 1. The average Bonchev–Trinajstić information content (AvgIpc) is 3.14. The van der Waals surface area contributed by atoms with Crippen LogP contribution >= 0.6 is 0 Å². The van der Waals surface area contributed by atoms with Crippen LogP contribution in [0.25, 0.3) is 10.9 Å². The largest absolute Gasteiger partial charge is 0.367 e. The SMILES string of the molecule is Cc1[nH]c2c(C(N)=O)cc(F)c(N3C[C@H]4CCN[C@H]4C3)c2c1C. The lowest BCUT2D eigenvalue weighted by atomic mass is 10.0. The van der Waals surface area contributed by atoms with E-state index in [1.54, 1.807) is 0 Å². The van der Waals surface area contributed by atoms with Gasteiger partial charge >= 0.3 is 0 Å². The molecule has 122 valence electrons. The zero-order valence-electron chi connectivity index (χ0n) is 13.4. The minimum absolute atomic E-state index is 0.218. The summed E-state index contributed by atoms with van der Waals surface area (Å²) >= 11 is 0. The van der Waals surface area contributed by atoms with Gasteiger partial charge in [0.2, 0.25) is 0 Å². The van der Waals surface area contributed by atoms with Gasteiger partial charge in [0.15, 0.2) is 0 Å². The second kappa shape index (κ2) is 4.96. The Bertz CT molecular complexity index is 801. The third-order valence-corrected chi connectivity index (χ3v) is 5.45. The third-order valence-electron chi connectivity index (χ3n) is 5.45. The highest BCUT2D eigenvalue weighted by Gasteiger charge is 2.38. The Kier molecular flexibility index (Phi) is 3.13. The first kappa shape index (κ1) is 14.5. The summed E-state index contributed by atoms with van der Waals surface area (Å²) in [7, 11) is 0. The number of anilines is 1. The number of carbonyl (C=O) groups is 1. The summed E-state index contributed by atoms with van der Waals surface area (Å²) in [5, 5.41) is 4.28. The van der Waals surface area contributed by atoms with Gasteiger partial charge in [0.1, 0.15) is 5.82 Å². The lowest BCUT2D eigenvalue weighted by Gasteiger charge is -2.22. The number of carbonyl (C=O) groups excluding carboxylic acids is 1. The van der Waals surface area contributed by atoms with Crippen molar-refractivity contribution in [1.82, 2.24) is 10.3 Å². The predicted molar refractivity (Wildman–Crippen MR) is 88.4 cm³/mol. The van der Waals surface area contributed by atoms with Gasteiger partial charge in [-0.15, -0.1) is 0 Å². The Balaban J connectivity index is 1.91. The number of benzene rings is 1. The first-order chi connectivity index (χ1) is 11.0. The number of aromatic amines is 1. The molecular weight excluding hydrogens is 295 g/mol. The van der Waals surface area contributed by atoms with E-state index in [2.05, 4.69) is 15.2 Å². The highest BCUT2D eigenvalue weighted by molar-refractivity contribution is 6.10. The van der Waals surface area contributed by atoms with Gasteiger partial charge in [0.05, 0.1) is 16.8 Å². The highest BCUT2D eigenvalue weighted by Crippen LogP contribution is 2.39. The molecule has 1 aromatic heterocycles. The third kappa shape index (κ3) is 2.05. The van der Waals surface area contributed by atoms with E-state index in [9.17, 15) is 9.18 Å². The van der Waals surface area contributed by atoms with E-state index in [0.717, 1.165) is 42.7 Å². The van der Waals surface area contributed by atoms with Crippen LogP contribution in [0.3, 0.4) is 0 Å². The Morgan fingerprint density at radius 2 is 2.17 bits per heavy atom. The first-order valence-electron chi connectivity index (χ1n) is 8.07. The zero-order valence-corrected chi connectivity index (χ0v) is 13.4. The fraction of sp³-hybridized carbons (Fsp3) is 0.471. The van der Waals surface area contributed by atoms with Gasteiger partial charge in [-0.1, -0.05) is 0 Å². The zero-order chi connectivity index (χ0) is 16.3. The molecule has 0 saturated carbocycles. The molecule has 3 heterocycles. The van der Waals surface area contributed by atoms with Crippen LogP contribution in [-0.2, 0) is 0 Å². The van der Waals surface area contributed by atoms with Gasteiger partial charge in [-0.25, -0.2) is 4.39 Å². The summed E-state index contributed by atoms with van der Waals surface area (Å²) in [6, 6.07) is 1.71. The fourth-order valence-electron chi connectivity index (χ4n) is 4.14. The second-order valence-electron chi connectivity index (χ2n) is 6.76. The van der Waals surface area contributed by atoms with Crippen LogP contribution in [0.5, 0.6) is 0 Å². The summed E-state index contributed by atoms with van der Waals surface area (Å²) in [4.78, 5) is 17.0. The van der Waals surface area contributed by atoms with Gasteiger partial charge in [-0.2, -0.15) is 0 Å². The molecule has 23 heavy (non-hydrogen) atoms. The van der Waals surface area contributed by atoms with E-state index in [0.29, 0.717) is 23.2 Å². The van der Waals surface area contributed by atoms with Gasteiger partial charge < -0.3 is 20.9 Å². The Morgan fingerprint density at radius 3 is 2.87 bits per heavy atom. The van der Waals surface area contributed by atoms with Crippen molar-refractivity contribution in [3.05, 3.63) is 28.7 Å². The Morgan fingerprint density at radius 1 is 1.39 bits per heavy atom. The van der Waals surface area contributed by atoms with Crippen molar-refractivity contribution in [2.24, 2.45) is 11.7 Å². The van der Waals surface area contributed by atoms with Crippen molar-refractivity contribution in [3.8, 4) is 0 Å². The van der Waals surface area contributed by atoms with Crippen LogP contribution in [0, 0.1) is 25.6 Å². The summed E-state index contributed by atoms with van der Waals surface area (Å²) < 4.78 is 14.9. The van der Waals surface area contributed by atoms with Gasteiger partial charge in [-0.05, 0) is 44.4 Å². The quantitative estimate of drug-likeness (QED) is 0.791. The number of rotatable bonds is 2. The van der Waals surface area contributed by atoms with Crippen molar-refractivity contribution in [1.29, 1.82) is 0 Å². The van der Waals surface area contributed by atoms with Crippen molar-refractivity contribution in [3.63, 3.8) is 0 Å². The number of hydrogen-bond donors (Lipinski definition) is 3. The molecular formula is C17H21FN4O. The molecule has 2 saturated heterocycles. The number of amides is 1. The van der Waals surface area contributed by atoms with Crippen LogP contribution in [0.15, 0.2) is 6.07 Å². The molecule has 0 unspecified atom stereocenters. The molecule has 0 bridgehead atoms. The number of aromatic nitrogens is 1. The predicted octanol–water partition coefficient (Wildman–Crippen LogP) is 1.82. The lowest BCUT2D eigenvalue weighted by Crippen LogP contribution is -2.30. The van der Waals surface area contributed by atoms with E-state index >= 15 is 0 Å². The Labute approximate surface area is 134 Å². The molecule has 1 amide bonds. The number of hydrogen-bond acceptors (Lipinski definition) is 3. The molecule has 2 aliphatic heterocycles. The minimum atomic E-state index is -0.610. The molecule has 2 fully saturated rings. The standard InChI is InChI=1S/C17H21FN4O/c1-8-9(2)21-15-11(17(19)23)5-12(18)16(14(8)15)22-6-10-3-4-20-13(10)7-22/h5,10,13,20-21H,3-4,6-7H2,1-2H3,(H2,19,23)/t10-,13+/m1/s1. The number of primary amides is 1.